The van der Waals surface area contributed by atoms with Crippen LogP contribution in [0.25, 0.3) is 0 Å². The van der Waals surface area contributed by atoms with Crippen LogP contribution >= 0.6 is 0 Å². The summed E-state index contributed by atoms with van der Waals surface area (Å²) < 4.78 is 34.3. The molecule has 7 heteroatoms. The van der Waals surface area contributed by atoms with Crippen molar-refractivity contribution in [3.63, 3.8) is 0 Å². The molecule has 0 saturated carbocycles. The van der Waals surface area contributed by atoms with E-state index >= 15 is 0 Å². The number of carbonyl (C=O) groups is 1. The van der Waals surface area contributed by atoms with E-state index in [1.165, 1.54) is 0 Å². The molecule has 1 atom stereocenters. The van der Waals surface area contributed by atoms with Crippen LogP contribution in [-0.2, 0) is 19.4 Å². The molecule has 0 bridgehead atoms. The van der Waals surface area contributed by atoms with Crippen LogP contribution in [0.1, 0.15) is 26.2 Å². The molecule has 2 rings (SSSR count). The van der Waals surface area contributed by atoms with Gasteiger partial charge in [-0.05, 0) is 25.0 Å². The molecule has 1 amide bonds. The Bertz CT molecular complexity index is 632. The van der Waals surface area contributed by atoms with Crippen molar-refractivity contribution in [2.24, 2.45) is 0 Å². The summed E-state index contributed by atoms with van der Waals surface area (Å²) in [6, 6.07) is 9.20. The van der Waals surface area contributed by atoms with Crippen molar-refractivity contribution in [2.45, 2.75) is 32.2 Å². The maximum atomic E-state index is 12.4. The van der Waals surface area contributed by atoms with Crippen LogP contribution in [0, 0.1) is 0 Å². The van der Waals surface area contributed by atoms with Gasteiger partial charge in [0.15, 0.2) is 9.84 Å². The molecule has 1 fully saturated rings. The maximum absolute atomic E-state index is 12.4. The summed E-state index contributed by atoms with van der Waals surface area (Å²) >= 11 is 0. The third kappa shape index (κ3) is 6.66. The number of rotatable bonds is 10. The van der Waals surface area contributed by atoms with E-state index < -0.39 is 9.84 Å². The first-order valence-corrected chi connectivity index (χ1v) is 10.6. The standard InChI is InChI=1S/C18H27NO5S/c1-2-3-10-19(16-9-13-25(21,22)15-16)18(20)14-23-11-12-24-17-7-5-4-6-8-17/h4-8,16H,2-3,9-15H2,1H3. The Morgan fingerprint density at radius 3 is 2.64 bits per heavy atom. The van der Waals surface area contributed by atoms with Crippen LogP contribution in [-0.4, -0.2) is 63.1 Å². The minimum atomic E-state index is -3.01. The Hall–Kier alpha value is -1.60. The third-order valence-corrected chi connectivity index (χ3v) is 5.94. The van der Waals surface area contributed by atoms with Crippen LogP contribution in [0.3, 0.4) is 0 Å². The molecule has 1 heterocycles. The maximum Gasteiger partial charge on any atom is 0.248 e. The highest BCUT2D eigenvalue weighted by molar-refractivity contribution is 7.91. The van der Waals surface area contributed by atoms with Gasteiger partial charge in [0.2, 0.25) is 5.91 Å². The van der Waals surface area contributed by atoms with Crippen LogP contribution in [0.15, 0.2) is 30.3 Å². The van der Waals surface area contributed by atoms with Crippen LogP contribution in [0.4, 0.5) is 0 Å². The zero-order valence-corrected chi connectivity index (χ0v) is 15.5. The highest BCUT2D eigenvalue weighted by atomic mass is 32.2. The molecule has 1 unspecified atom stereocenters. The normalized spacial score (nSPS) is 18.8. The highest BCUT2D eigenvalue weighted by Crippen LogP contribution is 2.18. The number of ether oxygens (including phenoxy) is 2. The lowest BCUT2D eigenvalue weighted by atomic mass is 10.2. The van der Waals surface area contributed by atoms with Crippen molar-refractivity contribution in [3.05, 3.63) is 30.3 Å². The third-order valence-electron chi connectivity index (χ3n) is 4.19. The van der Waals surface area contributed by atoms with Crippen molar-refractivity contribution in [3.8, 4) is 5.75 Å². The van der Waals surface area contributed by atoms with E-state index in [0.717, 1.165) is 18.6 Å². The van der Waals surface area contributed by atoms with E-state index in [4.69, 9.17) is 9.47 Å². The number of hydrogen-bond acceptors (Lipinski definition) is 5. The number of amides is 1. The van der Waals surface area contributed by atoms with Gasteiger partial charge in [-0.2, -0.15) is 0 Å². The molecule has 1 aliphatic heterocycles. The van der Waals surface area contributed by atoms with Crippen molar-refractivity contribution in [1.82, 2.24) is 4.90 Å². The largest absolute Gasteiger partial charge is 0.491 e. The zero-order valence-electron chi connectivity index (χ0n) is 14.7. The summed E-state index contributed by atoms with van der Waals surface area (Å²) in [5.41, 5.74) is 0. The monoisotopic (exact) mass is 369 g/mol. The number of unbranched alkanes of at least 4 members (excludes halogenated alkanes) is 1. The van der Waals surface area contributed by atoms with Gasteiger partial charge in [0.05, 0.1) is 18.1 Å². The number of carbonyl (C=O) groups excluding carboxylic acids is 1. The lowest BCUT2D eigenvalue weighted by Crippen LogP contribution is -2.43. The van der Waals surface area contributed by atoms with Crippen LogP contribution < -0.4 is 4.74 Å². The summed E-state index contributed by atoms with van der Waals surface area (Å²) in [6.45, 7) is 3.26. The van der Waals surface area contributed by atoms with Gasteiger partial charge >= 0.3 is 0 Å². The number of nitrogens with zero attached hydrogens (tertiary/aromatic N) is 1. The number of hydrogen-bond donors (Lipinski definition) is 0. The SMILES string of the molecule is CCCCN(C(=O)COCCOc1ccccc1)C1CCS(=O)(=O)C1. The molecule has 25 heavy (non-hydrogen) atoms. The van der Waals surface area contributed by atoms with E-state index in [0.29, 0.717) is 26.2 Å². The molecule has 1 saturated heterocycles. The number of benzene rings is 1. The summed E-state index contributed by atoms with van der Waals surface area (Å²) in [6.07, 6.45) is 2.34. The van der Waals surface area contributed by atoms with E-state index in [1.807, 2.05) is 37.3 Å². The molecule has 1 aromatic rings. The van der Waals surface area contributed by atoms with Gasteiger partial charge < -0.3 is 14.4 Å². The van der Waals surface area contributed by atoms with E-state index in [9.17, 15) is 13.2 Å². The fourth-order valence-corrected chi connectivity index (χ4v) is 4.57. The molecular formula is C18H27NO5S. The van der Waals surface area contributed by atoms with Gasteiger partial charge in [0.1, 0.15) is 19.0 Å². The summed E-state index contributed by atoms with van der Waals surface area (Å²) in [5, 5.41) is 0. The Labute approximate surface area is 150 Å². The van der Waals surface area contributed by atoms with Crippen LogP contribution in [0.5, 0.6) is 5.75 Å². The van der Waals surface area contributed by atoms with Gasteiger partial charge in [-0.3, -0.25) is 4.79 Å². The first-order chi connectivity index (χ1) is 12.0. The first-order valence-electron chi connectivity index (χ1n) is 8.77. The molecule has 0 spiro atoms. The molecule has 140 valence electrons. The van der Waals surface area contributed by atoms with E-state index in [2.05, 4.69) is 0 Å². The minimum Gasteiger partial charge on any atom is -0.491 e. The fourth-order valence-electron chi connectivity index (χ4n) is 2.84. The predicted octanol–water partition coefficient (Wildman–Crippen LogP) is 1.90. The topological polar surface area (TPSA) is 72.9 Å². The number of para-hydroxylation sites is 1. The predicted molar refractivity (Wildman–Crippen MR) is 96.4 cm³/mol. The quantitative estimate of drug-likeness (QED) is 0.589. The Morgan fingerprint density at radius 1 is 1.24 bits per heavy atom. The second-order valence-corrected chi connectivity index (χ2v) is 8.44. The molecule has 0 N–H and O–H groups in total. The van der Waals surface area contributed by atoms with Crippen LogP contribution in [0.2, 0.25) is 0 Å². The molecular weight excluding hydrogens is 342 g/mol. The molecule has 1 aliphatic rings. The molecule has 0 aliphatic carbocycles. The Kier molecular flexibility index (Phi) is 7.71. The van der Waals surface area contributed by atoms with Gasteiger partial charge in [-0.15, -0.1) is 0 Å². The van der Waals surface area contributed by atoms with Gasteiger partial charge in [-0.1, -0.05) is 31.5 Å². The van der Waals surface area contributed by atoms with Crippen molar-refractivity contribution < 1.29 is 22.7 Å². The van der Waals surface area contributed by atoms with Gasteiger partial charge in [-0.25, -0.2) is 8.42 Å². The Morgan fingerprint density at radius 2 is 2.00 bits per heavy atom. The average molecular weight is 369 g/mol. The molecule has 0 aromatic heterocycles. The summed E-state index contributed by atoms with van der Waals surface area (Å²) in [5.74, 6) is 0.854. The minimum absolute atomic E-state index is 0.0432. The van der Waals surface area contributed by atoms with Gasteiger partial charge in [0.25, 0.3) is 0 Å². The summed E-state index contributed by atoms with van der Waals surface area (Å²) in [4.78, 5) is 14.1. The smallest absolute Gasteiger partial charge is 0.248 e. The molecule has 6 nitrogen and oxygen atoms in total. The fraction of sp³-hybridized carbons (Fsp3) is 0.611. The second-order valence-electron chi connectivity index (χ2n) is 6.21. The first kappa shape index (κ1) is 19.7. The van der Waals surface area contributed by atoms with E-state index in [1.54, 1.807) is 4.90 Å². The highest BCUT2D eigenvalue weighted by Gasteiger charge is 2.34. The number of sulfone groups is 1. The zero-order chi connectivity index (χ0) is 18.1. The van der Waals surface area contributed by atoms with Crippen molar-refractivity contribution in [1.29, 1.82) is 0 Å². The van der Waals surface area contributed by atoms with Gasteiger partial charge in [0, 0.05) is 12.6 Å². The average Bonchev–Trinajstić information content (AvgIpc) is 2.95. The molecule has 0 radical (unpaired) electrons. The summed E-state index contributed by atoms with van der Waals surface area (Å²) in [7, 11) is -3.01. The van der Waals surface area contributed by atoms with Crippen molar-refractivity contribution >= 4 is 15.7 Å². The van der Waals surface area contributed by atoms with E-state index in [-0.39, 0.29) is 30.1 Å². The lowest BCUT2D eigenvalue weighted by molar-refractivity contribution is -0.138. The molecule has 1 aromatic carbocycles. The van der Waals surface area contributed by atoms with Crippen molar-refractivity contribution in [2.75, 3.05) is 37.9 Å². The lowest BCUT2D eigenvalue weighted by Gasteiger charge is -2.28. The second kappa shape index (κ2) is 9.77. The Balaban J connectivity index is 1.75.